The third-order valence-electron chi connectivity index (χ3n) is 2.85. The minimum absolute atomic E-state index is 0.0230. The summed E-state index contributed by atoms with van der Waals surface area (Å²) in [6.45, 7) is 1.90. The second kappa shape index (κ2) is 3.29. The van der Waals surface area contributed by atoms with Crippen molar-refractivity contribution in [3.8, 4) is 0 Å². The van der Waals surface area contributed by atoms with Crippen LogP contribution in [0.15, 0.2) is 35.5 Å². The van der Waals surface area contributed by atoms with Crippen LogP contribution in [-0.4, -0.2) is 6.04 Å². The minimum atomic E-state index is -0.0230. The van der Waals surface area contributed by atoms with Gasteiger partial charge < -0.3 is 0 Å². The van der Waals surface area contributed by atoms with E-state index >= 15 is 0 Å². The fraction of sp³-hybridized carbons (Fsp3) is 0.455. The maximum atomic E-state index is 10.3. The van der Waals surface area contributed by atoms with Crippen molar-refractivity contribution in [2.45, 2.75) is 25.3 Å². The van der Waals surface area contributed by atoms with Gasteiger partial charge in [-0.2, -0.15) is 4.91 Å². The first-order valence-electron chi connectivity index (χ1n) is 4.70. The molecule has 0 spiro atoms. The smallest absolute Gasteiger partial charge is 0.0925 e. The summed E-state index contributed by atoms with van der Waals surface area (Å²) in [5.41, 5.74) is 1.35. The molecule has 2 rings (SSSR count). The summed E-state index contributed by atoms with van der Waals surface area (Å²) in [5, 5.41) is 3.08. The van der Waals surface area contributed by atoms with Crippen LogP contribution in [0.25, 0.3) is 0 Å². The molecule has 0 radical (unpaired) electrons. The zero-order valence-corrected chi connectivity index (χ0v) is 7.68. The van der Waals surface area contributed by atoms with E-state index in [-0.39, 0.29) is 6.04 Å². The highest BCUT2D eigenvalue weighted by Crippen LogP contribution is 2.50. The largest absolute Gasteiger partial charge is 0.151 e. The average molecular weight is 175 g/mol. The van der Waals surface area contributed by atoms with E-state index in [1.807, 2.05) is 25.1 Å². The van der Waals surface area contributed by atoms with E-state index in [2.05, 4.69) is 17.3 Å². The maximum absolute atomic E-state index is 10.3. The molecule has 3 unspecified atom stereocenters. The first kappa shape index (κ1) is 8.42. The molecule has 3 atom stereocenters. The van der Waals surface area contributed by atoms with Crippen molar-refractivity contribution in [1.82, 2.24) is 0 Å². The molecule has 0 bridgehead atoms. The van der Waals surface area contributed by atoms with Crippen LogP contribution in [0.3, 0.4) is 0 Å². The van der Waals surface area contributed by atoms with E-state index in [1.54, 1.807) is 0 Å². The van der Waals surface area contributed by atoms with Gasteiger partial charge in [-0.3, -0.25) is 0 Å². The zero-order valence-electron chi connectivity index (χ0n) is 7.68. The summed E-state index contributed by atoms with van der Waals surface area (Å²) < 4.78 is 0. The van der Waals surface area contributed by atoms with Gasteiger partial charge in [-0.15, -0.1) is 0 Å². The molecule has 0 N–H and O–H groups in total. The van der Waals surface area contributed by atoms with E-state index in [1.165, 1.54) is 5.56 Å². The Kier molecular flexibility index (Phi) is 2.13. The fourth-order valence-electron chi connectivity index (χ4n) is 1.91. The standard InChI is InChI=1S/C11H13NO/c1-8(12-13)10-7-11(10)9-5-3-2-4-6-9/h2-6,8,10-11H,7H2,1H3. The second-order valence-corrected chi connectivity index (χ2v) is 3.76. The maximum Gasteiger partial charge on any atom is 0.0925 e. The van der Waals surface area contributed by atoms with Crippen molar-refractivity contribution in [2.24, 2.45) is 11.1 Å². The van der Waals surface area contributed by atoms with Gasteiger partial charge in [0.05, 0.1) is 6.04 Å². The molecule has 2 nitrogen and oxygen atoms in total. The van der Waals surface area contributed by atoms with Gasteiger partial charge in [0, 0.05) is 0 Å². The van der Waals surface area contributed by atoms with E-state index in [4.69, 9.17) is 0 Å². The van der Waals surface area contributed by atoms with Gasteiger partial charge >= 0.3 is 0 Å². The summed E-state index contributed by atoms with van der Waals surface area (Å²) in [4.78, 5) is 10.3. The van der Waals surface area contributed by atoms with Crippen molar-refractivity contribution in [3.63, 3.8) is 0 Å². The molecule has 13 heavy (non-hydrogen) atoms. The topological polar surface area (TPSA) is 29.4 Å². The molecule has 0 saturated heterocycles. The molecular formula is C11H13NO. The SMILES string of the molecule is CC(N=O)C1CC1c1ccccc1. The van der Waals surface area contributed by atoms with Crippen LogP contribution in [0.4, 0.5) is 0 Å². The molecule has 1 aromatic rings. The average Bonchev–Trinajstić information content (AvgIpc) is 2.98. The molecular weight excluding hydrogens is 162 g/mol. The van der Waals surface area contributed by atoms with Crippen LogP contribution < -0.4 is 0 Å². The van der Waals surface area contributed by atoms with E-state index in [9.17, 15) is 4.91 Å². The van der Waals surface area contributed by atoms with E-state index < -0.39 is 0 Å². The van der Waals surface area contributed by atoms with Gasteiger partial charge in [0.2, 0.25) is 0 Å². The van der Waals surface area contributed by atoms with Crippen LogP contribution in [0, 0.1) is 10.8 Å². The van der Waals surface area contributed by atoms with Gasteiger partial charge in [-0.1, -0.05) is 35.5 Å². The molecule has 1 aromatic carbocycles. The molecule has 1 aliphatic rings. The number of nitrogens with zero attached hydrogens (tertiary/aromatic N) is 1. The van der Waals surface area contributed by atoms with Gasteiger partial charge in [0.1, 0.15) is 0 Å². The van der Waals surface area contributed by atoms with Crippen molar-refractivity contribution in [3.05, 3.63) is 40.8 Å². The van der Waals surface area contributed by atoms with Crippen molar-refractivity contribution in [1.29, 1.82) is 0 Å². The van der Waals surface area contributed by atoms with Crippen LogP contribution in [0.1, 0.15) is 24.8 Å². The lowest BCUT2D eigenvalue weighted by Crippen LogP contribution is -2.00. The lowest BCUT2D eigenvalue weighted by molar-refractivity contribution is 0.629. The number of hydrogen-bond donors (Lipinski definition) is 0. The van der Waals surface area contributed by atoms with Crippen LogP contribution in [0.2, 0.25) is 0 Å². The molecule has 0 heterocycles. The van der Waals surface area contributed by atoms with E-state index in [0.717, 1.165) is 6.42 Å². The van der Waals surface area contributed by atoms with Crippen molar-refractivity contribution in [2.75, 3.05) is 0 Å². The normalized spacial score (nSPS) is 28.1. The summed E-state index contributed by atoms with van der Waals surface area (Å²) in [6, 6.07) is 10.3. The molecule has 0 aliphatic heterocycles. The molecule has 68 valence electrons. The molecule has 1 fully saturated rings. The van der Waals surface area contributed by atoms with Crippen molar-refractivity contribution < 1.29 is 0 Å². The first-order chi connectivity index (χ1) is 6.33. The number of hydrogen-bond acceptors (Lipinski definition) is 2. The van der Waals surface area contributed by atoms with Gasteiger partial charge in [-0.05, 0) is 30.7 Å². The van der Waals surface area contributed by atoms with Gasteiger partial charge in [0.15, 0.2) is 0 Å². The lowest BCUT2D eigenvalue weighted by Gasteiger charge is -2.00. The predicted molar refractivity (Wildman–Crippen MR) is 52.5 cm³/mol. The van der Waals surface area contributed by atoms with E-state index in [0.29, 0.717) is 11.8 Å². The molecule has 1 saturated carbocycles. The Labute approximate surface area is 77.9 Å². The predicted octanol–water partition coefficient (Wildman–Crippen LogP) is 2.95. The lowest BCUT2D eigenvalue weighted by atomic mass is 10.1. The third kappa shape index (κ3) is 1.62. The van der Waals surface area contributed by atoms with Gasteiger partial charge in [0.25, 0.3) is 0 Å². The number of nitroso groups, excluding NO2 is 1. The molecule has 0 aromatic heterocycles. The Morgan fingerprint density at radius 3 is 2.69 bits per heavy atom. The highest BCUT2D eigenvalue weighted by molar-refractivity contribution is 5.26. The summed E-state index contributed by atoms with van der Waals surface area (Å²) in [5.74, 6) is 1.06. The second-order valence-electron chi connectivity index (χ2n) is 3.76. The molecule has 1 aliphatic carbocycles. The van der Waals surface area contributed by atoms with Crippen LogP contribution in [-0.2, 0) is 0 Å². The summed E-state index contributed by atoms with van der Waals surface area (Å²) >= 11 is 0. The highest BCUT2D eigenvalue weighted by Gasteiger charge is 2.42. The highest BCUT2D eigenvalue weighted by atomic mass is 16.3. The number of benzene rings is 1. The zero-order chi connectivity index (χ0) is 9.26. The summed E-state index contributed by atoms with van der Waals surface area (Å²) in [7, 11) is 0. The third-order valence-corrected chi connectivity index (χ3v) is 2.85. The van der Waals surface area contributed by atoms with Crippen LogP contribution in [0.5, 0.6) is 0 Å². The monoisotopic (exact) mass is 175 g/mol. The quantitative estimate of drug-likeness (QED) is 0.649. The Balaban J connectivity index is 2.04. The Hall–Kier alpha value is -1.18. The summed E-state index contributed by atoms with van der Waals surface area (Å²) in [6.07, 6.45) is 1.12. The van der Waals surface area contributed by atoms with Crippen LogP contribution >= 0.6 is 0 Å². The number of rotatable bonds is 3. The Morgan fingerprint density at radius 2 is 2.08 bits per heavy atom. The Morgan fingerprint density at radius 1 is 1.38 bits per heavy atom. The Bertz CT molecular complexity index is 296. The van der Waals surface area contributed by atoms with Gasteiger partial charge in [-0.25, -0.2) is 0 Å². The molecule has 0 amide bonds. The molecule has 2 heteroatoms. The fourth-order valence-corrected chi connectivity index (χ4v) is 1.91. The minimum Gasteiger partial charge on any atom is -0.151 e. The first-order valence-corrected chi connectivity index (χ1v) is 4.70. The van der Waals surface area contributed by atoms with Crippen molar-refractivity contribution >= 4 is 0 Å².